The van der Waals surface area contributed by atoms with Crippen molar-refractivity contribution >= 4 is 29.2 Å². The number of methoxy groups -OCH3 is 2. The maximum absolute atomic E-state index is 12.7. The Morgan fingerprint density at radius 2 is 1.13 bits per heavy atom. The van der Waals surface area contributed by atoms with Gasteiger partial charge in [-0.05, 0) is 117 Å². The van der Waals surface area contributed by atoms with Crippen LogP contribution in [0.3, 0.4) is 0 Å². The summed E-state index contributed by atoms with van der Waals surface area (Å²) in [6, 6.07) is 18.3. The summed E-state index contributed by atoms with van der Waals surface area (Å²) in [5.41, 5.74) is 10.1. The lowest BCUT2D eigenvalue weighted by molar-refractivity contribution is -0.145. The van der Waals surface area contributed by atoms with Gasteiger partial charge in [0, 0.05) is 34.7 Å². The van der Waals surface area contributed by atoms with E-state index in [4.69, 9.17) is 18.9 Å². The highest BCUT2D eigenvalue weighted by Gasteiger charge is 2.44. The lowest BCUT2D eigenvalue weighted by Crippen LogP contribution is -2.48. The molecule has 10 heteroatoms. The lowest BCUT2D eigenvalue weighted by Gasteiger charge is -2.43. The SMILES string of the molecule is C=C1C(=O)N(c2cc(C)c(C)c(OC)c2)[C@H]1c1ccc(C)c(O)c1.C=C1C(=O)N(c2cc(C)c(C)c(OC)c2)[C@H]1c1ccc(C)c(OCC(=O)OCC)c1. The number of hydrogen-bond acceptors (Lipinski definition) is 8. The Morgan fingerprint density at radius 3 is 1.57 bits per heavy atom. The quantitative estimate of drug-likeness (QED) is 0.0987. The van der Waals surface area contributed by atoms with E-state index in [1.165, 1.54) is 0 Å². The number of aromatic hydroxyl groups is 1. The fourth-order valence-electron chi connectivity index (χ4n) is 6.59. The van der Waals surface area contributed by atoms with Crippen LogP contribution in [0.4, 0.5) is 11.4 Å². The van der Waals surface area contributed by atoms with Crippen molar-refractivity contribution in [3.8, 4) is 23.0 Å². The third-order valence-electron chi connectivity index (χ3n) is 10.1. The molecular formula is C44H48N2O8. The number of phenolic OH excluding ortho intramolecular Hbond substituents is 1. The molecule has 0 saturated carbocycles. The minimum absolute atomic E-state index is 0.106. The second-order valence-corrected chi connectivity index (χ2v) is 13.6. The predicted molar refractivity (Wildman–Crippen MR) is 210 cm³/mol. The van der Waals surface area contributed by atoms with Crippen molar-refractivity contribution in [3.63, 3.8) is 0 Å². The second-order valence-electron chi connectivity index (χ2n) is 13.6. The molecule has 10 nitrogen and oxygen atoms in total. The van der Waals surface area contributed by atoms with Crippen molar-refractivity contribution in [2.75, 3.05) is 37.2 Å². The molecule has 1 N–H and O–H groups in total. The molecule has 0 spiro atoms. The zero-order chi connectivity index (χ0) is 39.6. The van der Waals surface area contributed by atoms with Gasteiger partial charge in [0.15, 0.2) is 6.61 Å². The third-order valence-corrected chi connectivity index (χ3v) is 10.1. The highest BCUT2D eigenvalue weighted by Crippen LogP contribution is 2.46. The number of β-lactam (4-membered cyclic amide) rings is 2. The number of hydrogen-bond donors (Lipinski definition) is 1. The minimum Gasteiger partial charge on any atom is -0.508 e. The molecule has 0 radical (unpaired) electrons. The Labute approximate surface area is 317 Å². The Balaban J connectivity index is 0.000000213. The first-order chi connectivity index (χ1) is 25.6. The van der Waals surface area contributed by atoms with Crippen molar-refractivity contribution in [1.29, 1.82) is 0 Å². The molecular weight excluding hydrogens is 684 g/mol. The van der Waals surface area contributed by atoms with Crippen molar-refractivity contribution in [2.24, 2.45) is 0 Å². The Hall–Kier alpha value is -6.03. The van der Waals surface area contributed by atoms with E-state index in [-0.39, 0.29) is 36.3 Å². The van der Waals surface area contributed by atoms with Crippen LogP contribution in [0.25, 0.3) is 0 Å². The summed E-state index contributed by atoms with van der Waals surface area (Å²) in [6.07, 6.45) is 0. The maximum Gasteiger partial charge on any atom is 0.344 e. The van der Waals surface area contributed by atoms with Gasteiger partial charge in [0.2, 0.25) is 0 Å². The number of carbonyl (C=O) groups excluding carboxylic acids is 3. The molecule has 282 valence electrons. The van der Waals surface area contributed by atoms with E-state index < -0.39 is 5.97 Å². The van der Waals surface area contributed by atoms with Crippen molar-refractivity contribution in [3.05, 3.63) is 129 Å². The zero-order valence-electron chi connectivity index (χ0n) is 32.5. The van der Waals surface area contributed by atoms with Gasteiger partial charge >= 0.3 is 5.97 Å². The molecule has 2 aliphatic heterocycles. The third kappa shape index (κ3) is 7.42. The highest BCUT2D eigenvalue weighted by atomic mass is 16.6. The summed E-state index contributed by atoms with van der Waals surface area (Å²) in [5, 5.41) is 9.99. The Kier molecular flexibility index (Phi) is 11.5. The first-order valence-electron chi connectivity index (χ1n) is 17.7. The molecule has 2 saturated heterocycles. The van der Waals surface area contributed by atoms with Crippen molar-refractivity contribution in [1.82, 2.24) is 0 Å². The van der Waals surface area contributed by atoms with E-state index in [1.54, 1.807) is 37.0 Å². The van der Waals surface area contributed by atoms with Gasteiger partial charge in [-0.2, -0.15) is 0 Å². The van der Waals surface area contributed by atoms with E-state index in [9.17, 15) is 19.5 Å². The van der Waals surface area contributed by atoms with Crippen molar-refractivity contribution in [2.45, 2.75) is 60.5 Å². The van der Waals surface area contributed by atoms with Crippen molar-refractivity contribution < 1.29 is 38.4 Å². The Morgan fingerprint density at radius 1 is 0.667 bits per heavy atom. The van der Waals surface area contributed by atoms with Crippen LogP contribution in [0.1, 0.15) is 63.5 Å². The number of phenols is 1. The van der Waals surface area contributed by atoms with Crippen LogP contribution in [0, 0.1) is 41.5 Å². The molecule has 2 fully saturated rings. The van der Waals surface area contributed by atoms with Crippen LogP contribution >= 0.6 is 0 Å². The van der Waals surface area contributed by atoms with E-state index in [2.05, 4.69) is 13.2 Å². The van der Waals surface area contributed by atoms with Gasteiger partial charge in [0.05, 0.1) is 32.9 Å². The van der Waals surface area contributed by atoms with Gasteiger partial charge in [-0.25, -0.2) is 4.79 Å². The van der Waals surface area contributed by atoms with Crippen LogP contribution in [0.2, 0.25) is 0 Å². The summed E-state index contributed by atoms with van der Waals surface area (Å²) in [5.74, 6) is 1.62. The second kappa shape index (κ2) is 15.9. The van der Waals surface area contributed by atoms with E-state index in [0.717, 1.165) is 67.4 Å². The predicted octanol–water partition coefficient (Wildman–Crippen LogP) is 8.18. The van der Waals surface area contributed by atoms with Crippen LogP contribution < -0.4 is 24.0 Å². The standard InChI is InChI=1S/C24H27NO5.C20H21NO3/c1-7-29-22(26)13-30-20-11-18(9-8-14(20)2)23-17(5)24(27)25(23)19-10-15(3)16(4)21(12-19)28-6;1-11-6-7-15(9-17(11)22)19-14(4)20(23)21(19)16-8-12(2)13(3)18(10-16)24-5/h8-12,23H,5,7,13H2,1-4,6H3;6-10,19,22H,4H2,1-3,5H3/t23-;19-/m11/s1. The van der Waals surface area contributed by atoms with E-state index in [1.807, 2.05) is 96.1 Å². The van der Waals surface area contributed by atoms with Crippen LogP contribution in [-0.4, -0.2) is 50.3 Å². The first-order valence-corrected chi connectivity index (χ1v) is 17.7. The molecule has 6 rings (SSSR count). The minimum atomic E-state index is -0.422. The van der Waals surface area contributed by atoms with Gasteiger partial charge in [-0.15, -0.1) is 0 Å². The molecule has 2 heterocycles. The average Bonchev–Trinajstić information content (AvgIpc) is 3.15. The molecule has 0 bridgehead atoms. The van der Waals surface area contributed by atoms with Crippen LogP contribution in [0.15, 0.2) is 85.0 Å². The first kappa shape index (κ1) is 39.2. The van der Waals surface area contributed by atoms with Gasteiger partial charge in [0.25, 0.3) is 11.8 Å². The summed E-state index contributed by atoms with van der Waals surface area (Å²) in [6.45, 7) is 21.5. The molecule has 2 atom stereocenters. The molecule has 2 aliphatic rings. The summed E-state index contributed by atoms with van der Waals surface area (Å²) in [4.78, 5) is 40.1. The number of esters is 1. The van der Waals surface area contributed by atoms with E-state index >= 15 is 0 Å². The molecule has 4 aromatic carbocycles. The zero-order valence-corrected chi connectivity index (χ0v) is 32.5. The number of aryl methyl sites for hydroxylation is 4. The summed E-state index contributed by atoms with van der Waals surface area (Å²) < 4.78 is 21.5. The molecule has 0 unspecified atom stereocenters. The van der Waals surface area contributed by atoms with Crippen LogP contribution in [0.5, 0.6) is 23.0 Å². The molecule has 2 amide bonds. The highest BCUT2D eigenvalue weighted by molar-refractivity contribution is 6.16. The number of ether oxygens (including phenoxy) is 4. The number of amides is 2. The number of nitrogens with zero attached hydrogens (tertiary/aromatic N) is 2. The molecule has 54 heavy (non-hydrogen) atoms. The van der Waals surface area contributed by atoms with Crippen LogP contribution in [-0.2, 0) is 19.1 Å². The molecule has 0 aliphatic carbocycles. The lowest BCUT2D eigenvalue weighted by atomic mass is 9.87. The summed E-state index contributed by atoms with van der Waals surface area (Å²) in [7, 11) is 3.24. The smallest absolute Gasteiger partial charge is 0.344 e. The fourth-order valence-corrected chi connectivity index (χ4v) is 6.59. The van der Waals surface area contributed by atoms with Gasteiger partial charge in [0.1, 0.15) is 23.0 Å². The number of carbonyl (C=O) groups is 3. The maximum atomic E-state index is 12.7. The normalized spacial score (nSPS) is 16.2. The summed E-state index contributed by atoms with van der Waals surface area (Å²) >= 11 is 0. The molecule has 4 aromatic rings. The van der Waals surface area contributed by atoms with Gasteiger partial charge < -0.3 is 24.1 Å². The largest absolute Gasteiger partial charge is 0.508 e. The number of anilines is 2. The molecule has 0 aromatic heterocycles. The number of rotatable bonds is 10. The topological polar surface area (TPSA) is 115 Å². The van der Waals surface area contributed by atoms with E-state index in [0.29, 0.717) is 23.5 Å². The average molecular weight is 733 g/mol. The van der Waals surface area contributed by atoms with Gasteiger partial charge in [-0.1, -0.05) is 37.4 Å². The van der Waals surface area contributed by atoms with Gasteiger partial charge in [-0.3, -0.25) is 19.4 Å². The Bertz CT molecular complexity index is 2170. The fraction of sp³-hybridized carbons (Fsp3) is 0.295. The number of benzene rings is 4. The monoisotopic (exact) mass is 732 g/mol.